The van der Waals surface area contributed by atoms with Crippen LogP contribution in [0, 0.1) is 12.7 Å². The summed E-state index contributed by atoms with van der Waals surface area (Å²) in [6.07, 6.45) is 3.27. The molecule has 0 bridgehead atoms. The van der Waals surface area contributed by atoms with Gasteiger partial charge in [0, 0.05) is 19.5 Å². The average molecular weight is 275 g/mol. The zero-order chi connectivity index (χ0) is 13.9. The van der Waals surface area contributed by atoms with E-state index in [0.29, 0.717) is 24.4 Å². The van der Waals surface area contributed by atoms with Crippen molar-refractivity contribution in [1.82, 2.24) is 15.1 Å². The number of aromatic nitrogens is 2. The molecule has 20 heavy (non-hydrogen) atoms. The molecule has 1 aliphatic carbocycles. The van der Waals surface area contributed by atoms with Crippen molar-refractivity contribution in [2.45, 2.75) is 38.8 Å². The van der Waals surface area contributed by atoms with E-state index in [1.807, 2.05) is 6.07 Å². The first kappa shape index (κ1) is 13.2. The average Bonchev–Trinajstić information content (AvgIpc) is 3.18. The highest BCUT2D eigenvalue weighted by atomic mass is 19.1. The summed E-state index contributed by atoms with van der Waals surface area (Å²) < 4.78 is 18.6. The number of nitrogens with zero attached hydrogens (tertiary/aromatic N) is 3. The molecule has 1 heterocycles. The lowest BCUT2D eigenvalue weighted by atomic mass is 10.1. The molecule has 1 aromatic carbocycles. The van der Waals surface area contributed by atoms with Gasteiger partial charge in [-0.15, -0.1) is 10.2 Å². The van der Waals surface area contributed by atoms with Gasteiger partial charge in [0.05, 0.1) is 6.54 Å². The van der Waals surface area contributed by atoms with Gasteiger partial charge in [0.15, 0.2) is 0 Å². The van der Waals surface area contributed by atoms with Crippen LogP contribution < -0.4 is 0 Å². The first-order valence-corrected chi connectivity index (χ1v) is 6.98. The third kappa shape index (κ3) is 3.42. The van der Waals surface area contributed by atoms with Crippen molar-refractivity contribution in [3.05, 3.63) is 47.4 Å². The Kier molecular flexibility index (Phi) is 3.78. The first-order valence-electron chi connectivity index (χ1n) is 6.98. The monoisotopic (exact) mass is 275 g/mol. The molecular weight excluding hydrogens is 257 g/mol. The molecule has 1 aliphatic rings. The molecule has 4 nitrogen and oxygen atoms in total. The van der Waals surface area contributed by atoms with Gasteiger partial charge in [-0.2, -0.15) is 0 Å². The van der Waals surface area contributed by atoms with Crippen LogP contribution in [0.15, 0.2) is 28.7 Å². The van der Waals surface area contributed by atoms with E-state index in [2.05, 4.69) is 15.1 Å². The molecule has 1 saturated carbocycles. The van der Waals surface area contributed by atoms with Gasteiger partial charge < -0.3 is 4.42 Å². The fraction of sp³-hybridized carbons (Fsp3) is 0.467. The van der Waals surface area contributed by atoms with Crippen LogP contribution >= 0.6 is 0 Å². The van der Waals surface area contributed by atoms with Crippen LogP contribution in [0.1, 0.15) is 30.2 Å². The minimum Gasteiger partial charge on any atom is -0.424 e. The van der Waals surface area contributed by atoms with E-state index < -0.39 is 0 Å². The number of hydrogen-bond donors (Lipinski definition) is 0. The van der Waals surface area contributed by atoms with Crippen molar-refractivity contribution in [1.29, 1.82) is 0 Å². The van der Waals surface area contributed by atoms with Crippen molar-refractivity contribution in [2.75, 3.05) is 6.54 Å². The van der Waals surface area contributed by atoms with Crippen molar-refractivity contribution in [3.63, 3.8) is 0 Å². The van der Waals surface area contributed by atoms with E-state index in [1.54, 1.807) is 19.1 Å². The molecular formula is C15H18FN3O. The summed E-state index contributed by atoms with van der Waals surface area (Å²) in [5.74, 6) is 1.09. The van der Waals surface area contributed by atoms with Crippen molar-refractivity contribution in [2.24, 2.45) is 0 Å². The Labute approximate surface area is 117 Å². The Morgan fingerprint density at radius 1 is 1.35 bits per heavy atom. The van der Waals surface area contributed by atoms with Crippen LogP contribution in [-0.2, 0) is 13.0 Å². The maximum absolute atomic E-state index is 13.2. The van der Waals surface area contributed by atoms with Gasteiger partial charge >= 0.3 is 0 Å². The van der Waals surface area contributed by atoms with Crippen LogP contribution in [0.2, 0.25) is 0 Å². The standard InChI is InChI=1S/C15H18FN3O/c1-11-17-18-15(20-11)10-19(14-5-6-14)8-7-12-3-2-4-13(16)9-12/h2-4,9,14H,5-8,10H2,1H3. The van der Waals surface area contributed by atoms with E-state index in [4.69, 9.17) is 4.42 Å². The molecule has 0 spiro atoms. The minimum absolute atomic E-state index is 0.173. The first-order chi connectivity index (χ1) is 9.70. The fourth-order valence-electron chi connectivity index (χ4n) is 2.37. The molecule has 0 amide bonds. The van der Waals surface area contributed by atoms with Gasteiger partial charge in [0.1, 0.15) is 5.82 Å². The van der Waals surface area contributed by atoms with E-state index in [-0.39, 0.29) is 5.82 Å². The maximum atomic E-state index is 13.2. The Bertz CT molecular complexity index is 580. The molecule has 0 aliphatic heterocycles. The van der Waals surface area contributed by atoms with E-state index in [0.717, 1.165) is 18.5 Å². The van der Waals surface area contributed by atoms with Crippen LogP contribution in [0.3, 0.4) is 0 Å². The highest BCUT2D eigenvalue weighted by molar-refractivity contribution is 5.16. The summed E-state index contributed by atoms with van der Waals surface area (Å²) >= 11 is 0. The topological polar surface area (TPSA) is 42.2 Å². The molecule has 0 radical (unpaired) electrons. The van der Waals surface area contributed by atoms with Crippen LogP contribution in [0.4, 0.5) is 4.39 Å². The van der Waals surface area contributed by atoms with Gasteiger partial charge in [0.25, 0.3) is 0 Å². The number of hydrogen-bond acceptors (Lipinski definition) is 4. The van der Waals surface area contributed by atoms with Gasteiger partial charge in [-0.1, -0.05) is 12.1 Å². The van der Waals surface area contributed by atoms with E-state index in [9.17, 15) is 4.39 Å². The highest BCUT2D eigenvalue weighted by Crippen LogP contribution is 2.28. The minimum atomic E-state index is -0.173. The molecule has 3 rings (SSSR count). The molecule has 1 aromatic heterocycles. The fourth-order valence-corrected chi connectivity index (χ4v) is 2.37. The largest absolute Gasteiger partial charge is 0.424 e. The molecule has 0 atom stereocenters. The Balaban J connectivity index is 1.60. The van der Waals surface area contributed by atoms with Crippen LogP contribution in [-0.4, -0.2) is 27.7 Å². The van der Waals surface area contributed by atoms with E-state index >= 15 is 0 Å². The lowest BCUT2D eigenvalue weighted by Gasteiger charge is -2.19. The SMILES string of the molecule is Cc1nnc(CN(CCc2cccc(F)c2)C2CC2)o1. The zero-order valence-corrected chi connectivity index (χ0v) is 11.6. The molecule has 106 valence electrons. The second-order valence-electron chi connectivity index (χ2n) is 5.30. The van der Waals surface area contributed by atoms with Gasteiger partial charge in [-0.3, -0.25) is 4.90 Å². The van der Waals surface area contributed by atoms with Gasteiger partial charge in [-0.05, 0) is 37.0 Å². The van der Waals surface area contributed by atoms with Crippen molar-refractivity contribution < 1.29 is 8.81 Å². The number of aryl methyl sites for hydroxylation is 1. The summed E-state index contributed by atoms with van der Waals surface area (Å²) in [5.41, 5.74) is 1.03. The molecule has 2 aromatic rings. The summed E-state index contributed by atoms with van der Waals surface area (Å²) in [4.78, 5) is 2.35. The molecule has 5 heteroatoms. The second kappa shape index (κ2) is 5.71. The molecule has 1 fully saturated rings. The maximum Gasteiger partial charge on any atom is 0.230 e. The van der Waals surface area contributed by atoms with Crippen LogP contribution in [0.25, 0.3) is 0 Å². The smallest absolute Gasteiger partial charge is 0.230 e. The van der Waals surface area contributed by atoms with Crippen LogP contribution in [0.5, 0.6) is 0 Å². The zero-order valence-electron chi connectivity index (χ0n) is 11.6. The summed E-state index contributed by atoms with van der Waals surface area (Å²) in [7, 11) is 0. The van der Waals surface area contributed by atoms with Gasteiger partial charge in [-0.25, -0.2) is 4.39 Å². The Morgan fingerprint density at radius 2 is 2.20 bits per heavy atom. The quantitative estimate of drug-likeness (QED) is 0.813. The van der Waals surface area contributed by atoms with Crippen molar-refractivity contribution >= 4 is 0 Å². The Morgan fingerprint density at radius 3 is 2.85 bits per heavy atom. The third-order valence-electron chi connectivity index (χ3n) is 3.55. The number of rotatable bonds is 6. The summed E-state index contributed by atoms with van der Waals surface area (Å²) in [5, 5.41) is 7.90. The predicted octanol–water partition coefficient (Wildman–Crippen LogP) is 2.72. The lowest BCUT2D eigenvalue weighted by molar-refractivity contribution is 0.230. The second-order valence-corrected chi connectivity index (χ2v) is 5.30. The lowest BCUT2D eigenvalue weighted by Crippen LogP contribution is -2.28. The summed E-state index contributed by atoms with van der Waals surface area (Å²) in [6.45, 7) is 3.36. The van der Waals surface area contributed by atoms with Gasteiger partial charge in [0.2, 0.25) is 11.8 Å². The highest BCUT2D eigenvalue weighted by Gasteiger charge is 2.29. The number of halogens is 1. The number of benzene rings is 1. The third-order valence-corrected chi connectivity index (χ3v) is 3.55. The Hall–Kier alpha value is -1.75. The molecule has 0 unspecified atom stereocenters. The van der Waals surface area contributed by atoms with Crippen molar-refractivity contribution in [3.8, 4) is 0 Å². The molecule has 0 saturated heterocycles. The van der Waals surface area contributed by atoms with E-state index in [1.165, 1.54) is 18.9 Å². The predicted molar refractivity (Wildman–Crippen MR) is 72.6 cm³/mol. The normalized spacial score (nSPS) is 14.9. The summed E-state index contributed by atoms with van der Waals surface area (Å²) in [6, 6.07) is 7.40. The molecule has 0 N–H and O–H groups in total.